The summed E-state index contributed by atoms with van der Waals surface area (Å²) < 4.78 is 25.3. The maximum Gasteiger partial charge on any atom is 0.260 e. The van der Waals surface area contributed by atoms with E-state index in [1.165, 1.54) is 0 Å². The molecular weight excluding hydrogens is 160 g/mol. The predicted molar refractivity (Wildman–Crippen MR) is 47.6 cm³/mol. The molecule has 0 spiro atoms. The van der Waals surface area contributed by atoms with Gasteiger partial charge in [-0.2, -0.15) is 0 Å². The quantitative estimate of drug-likeness (QED) is 0.603. The highest BCUT2D eigenvalue weighted by atomic mass is 19.3. The Labute approximate surface area is 73.5 Å². The molecule has 3 heteroatoms. The zero-order valence-corrected chi connectivity index (χ0v) is 8.38. The van der Waals surface area contributed by atoms with Crippen LogP contribution in [-0.4, -0.2) is 19.0 Å². The Balaban J connectivity index is 0.000000561. The highest BCUT2D eigenvalue weighted by molar-refractivity contribution is 4.86. The van der Waals surface area contributed by atoms with Crippen LogP contribution in [0.15, 0.2) is 0 Å². The molecule has 1 aliphatic rings. The van der Waals surface area contributed by atoms with E-state index in [9.17, 15) is 8.78 Å². The van der Waals surface area contributed by atoms with Crippen molar-refractivity contribution in [3.8, 4) is 0 Å². The molecule has 0 aliphatic carbocycles. The lowest BCUT2D eigenvalue weighted by Gasteiger charge is -2.35. The maximum absolute atomic E-state index is 12.6. The molecule has 0 saturated carbocycles. The van der Waals surface area contributed by atoms with Crippen molar-refractivity contribution in [1.29, 1.82) is 0 Å². The van der Waals surface area contributed by atoms with E-state index in [0.717, 1.165) is 0 Å². The van der Waals surface area contributed by atoms with E-state index < -0.39 is 5.92 Å². The van der Waals surface area contributed by atoms with Gasteiger partial charge in [-0.25, -0.2) is 8.78 Å². The summed E-state index contributed by atoms with van der Waals surface area (Å²) in [5.74, 6) is -2.50. The zero-order chi connectivity index (χ0) is 9.83. The fourth-order valence-electron chi connectivity index (χ4n) is 1.41. The molecule has 1 aliphatic heterocycles. The second-order valence-electron chi connectivity index (χ2n) is 3.80. The first kappa shape index (κ1) is 11.8. The number of halogens is 2. The Bertz CT molecular complexity index is 118. The molecule has 12 heavy (non-hydrogen) atoms. The van der Waals surface area contributed by atoms with Crippen LogP contribution in [0.1, 0.15) is 34.1 Å². The monoisotopic (exact) mass is 179 g/mol. The number of piperidine rings is 1. The lowest BCUT2D eigenvalue weighted by molar-refractivity contribution is -0.0591. The van der Waals surface area contributed by atoms with Gasteiger partial charge in [-0.15, -0.1) is 0 Å². The molecule has 0 amide bonds. The first-order valence-electron chi connectivity index (χ1n) is 4.50. The SMILES string of the molecule is CC.CC1(C)CNCC(F)(F)C1. The highest BCUT2D eigenvalue weighted by Gasteiger charge is 2.40. The van der Waals surface area contributed by atoms with Crippen molar-refractivity contribution in [3.05, 3.63) is 0 Å². The van der Waals surface area contributed by atoms with E-state index in [1.54, 1.807) is 0 Å². The smallest absolute Gasteiger partial charge is 0.260 e. The topological polar surface area (TPSA) is 12.0 Å². The molecule has 1 N–H and O–H groups in total. The summed E-state index contributed by atoms with van der Waals surface area (Å²) in [6, 6.07) is 0. The van der Waals surface area contributed by atoms with Gasteiger partial charge in [0.1, 0.15) is 0 Å². The summed E-state index contributed by atoms with van der Waals surface area (Å²) in [5, 5.41) is 2.72. The standard InChI is InChI=1S/C7H13F2N.C2H6/c1-6(2)3-7(8,9)5-10-4-6;1-2/h10H,3-5H2,1-2H3;1-2H3. The zero-order valence-electron chi connectivity index (χ0n) is 8.38. The van der Waals surface area contributed by atoms with Crippen LogP contribution < -0.4 is 5.32 Å². The first-order chi connectivity index (χ1) is 5.41. The van der Waals surface area contributed by atoms with Crippen LogP contribution in [0.4, 0.5) is 8.78 Å². The number of hydrogen-bond acceptors (Lipinski definition) is 1. The van der Waals surface area contributed by atoms with Gasteiger partial charge in [-0.05, 0) is 5.41 Å². The average Bonchev–Trinajstić information content (AvgIpc) is 1.86. The fraction of sp³-hybridized carbons (Fsp3) is 1.00. The highest BCUT2D eigenvalue weighted by Crippen LogP contribution is 2.33. The van der Waals surface area contributed by atoms with Crippen molar-refractivity contribution in [3.63, 3.8) is 0 Å². The number of hydrogen-bond donors (Lipinski definition) is 1. The van der Waals surface area contributed by atoms with Crippen LogP contribution in [0.25, 0.3) is 0 Å². The van der Waals surface area contributed by atoms with Gasteiger partial charge in [0, 0.05) is 13.0 Å². The molecule has 0 bridgehead atoms. The predicted octanol–water partition coefficient (Wildman–Crippen LogP) is 2.67. The van der Waals surface area contributed by atoms with Gasteiger partial charge in [0.05, 0.1) is 6.54 Å². The number of rotatable bonds is 0. The van der Waals surface area contributed by atoms with Crippen molar-refractivity contribution in [2.24, 2.45) is 5.41 Å². The van der Waals surface area contributed by atoms with Gasteiger partial charge in [0.15, 0.2) is 0 Å². The molecular formula is C9H19F2N. The molecule has 1 rings (SSSR count). The summed E-state index contributed by atoms with van der Waals surface area (Å²) in [6.45, 7) is 8.25. The van der Waals surface area contributed by atoms with Crippen LogP contribution in [0.5, 0.6) is 0 Å². The molecule has 0 aromatic heterocycles. The van der Waals surface area contributed by atoms with E-state index in [0.29, 0.717) is 6.54 Å². The van der Waals surface area contributed by atoms with E-state index in [1.807, 2.05) is 27.7 Å². The van der Waals surface area contributed by atoms with Crippen LogP contribution in [0.3, 0.4) is 0 Å². The summed E-state index contributed by atoms with van der Waals surface area (Å²) in [7, 11) is 0. The van der Waals surface area contributed by atoms with Gasteiger partial charge in [0.2, 0.25) is 0 Å². The largest absolute Gasteiger partial charge is 0.311 e. The molecule has 0 unspecified atom stereocenters. The van der Waals surface area contributed by atoms with Crippen molar-refractivity contribution < 1.29 is 8.78 Å². The van der Waals surface area contributed by atoms with Crippen LogP contribution in [-0.2, 0) is 0 Å². The Morgan fingerprint density at radius 2 is 1.58 bits per heavy atom. The summed E-state index contributed by atoms with van der Waals surface area (Å²) >= 11 is 0. The number of nitrogens with one attached hydrogen (secondary N) is 1. The van der Waals surface area contributed by atoms with Crippen LogP contribution in [0, 0.1) is 5.41 Å². The van der Waals surface area contributed by atoms with E-state index in [2.05, 4.69) is 5.32 Å². The van der Waals surface area contributed by atoms with Gasteiger partial charge < -0.3 is 5.32 Å². The summed E-state index contributed by atoms with van der Waals surface area (Å²) in [4.78, 5) is 0. The number of alkyl halides is 2. The van der Waals surface area contributed by atoms with Gasteiger partial charge in [0.25, 0.3) is 5.92 Å². The molecule has 1 heterocycles. The van der Waals surface area contributed by atoms with Gasteiger partial charge in [-0.3, -0.25) is 0 Å². The molecule has 1 fully saturated rings. The van der Waals surface area contributed by atoms with Gasteiger partial charge in [-0.1, -0.05) is 27.7 Å². The van der Waals surface area contributed by atoms with Crippen molar-refractivity contribution >= 4 is 0 Å². The van der Waals surface area contributed by atoms with E-state index in [4.69, 9.17) is 0 Å². The fourth-order valence-corrected chi connectivity index (χ4v) is 1.41. The van der Waals surface area contributed by atoms with Crippen molar-refractivity contribution in [2.45, 2.75) is 40.0 Å². The lowest BCUT2D eigenvalue weighted by atomic mass is 9.83. The third-order valence-corrected chi connectivity index (χ3v) is 1.72. The molecule has 1 saturated heterocycles. The third kappa shape index (κ3) is 4.00. The Morgan fingerprint density at radius 1 is 1.08 bits per heavy atom. The first-order valence-corrected chi connectivity index (χ1v) is 4.50. The Hall–Kier alpha value is -0.180. The molecule has 0 aromatic rings. The minimum atomic E-state index is -2.50. The maximum atomic E-state index is 12.6. The van der Waals surface area contributed by atoms with Crippen LogP contribution in [0.2, 0.25) is 0 Å². The minimum absolute atomic E-state index is 0.00694. The molecule has 1 nitrogen and oxygen atoms in total. The van der Waals surface area contributed by atoms with Crippen LogP contribution >= 0.6 is 0 Å². The summed E-state index contributed by atoms with van der Waals surface area (Å²) in [6.07, 6.45) is 0.00694. The second-order valence-corrected chi connectivity index (χ2v) is 3.80. The molecule has 74 valence electrons. The Morgan fingerprint density at radius 3 is 1.83 bits per heavy atom. The summed E-state index contributed by atoms with van der Waals surface area (Å²) in [5.41, 5.74) is -0.248. The van der Waals surface area contributed by atoms with Crippen molar-refractivity contribution in [1.82, 2.24) is 5.32 Å². The second kappa shape index (κ2) is 4.17. The molecule has 0 radical (unpaired) electrons. The van der Waals surface area contributed by atoms with E-state index in [-0.39, 0.29) is 18.4 Å². The molecule has 0 aromatic carbocycles. The average molecular weight is 179 g/mol. The van der Waals surface area contributed by atoms with Crippen molar-refractivity contribution in [2.75, 3.05) is 13.1 Å². The third-order valence-electron chi connectivity index (χ3n) is 1.72. The lowest BCUT2D eigenvalue weighted by Crippen LogP contribution is -2.47. The Kier molecular flexibility index (Phi) is 4.11. The van der Waals surface area contributed by atoms with E-state index >= 15 is 0 Å². The van der Waals surface area contributed by atoms with Gasteiger partial charge >= 0.3 is 0 Å². The minimum Gasteiger partial charge on any atom is -0.311 e. The normalized spacial score (nSPS) is 25.5. The molecule has 0 atom stereocenters.